The van der Waals surface area contributed by atoms with Gasteiger partial charge < -0.3 is 18.8 Å². The van der Waals surface area contributed by atoms with Gasteiger partial charge >= 0.3 is 5.97 Å². The van der Waals surface area contributed by atoms with E-state index in [0.29, 0.717) is 36.1 Å². The van der Waals surface area contributed by atoms with Gasteiger partial charge in [0.25, 0.3) is 5.91 Å². The van der Waals surface area contributed by atoms with Crippen LogP contribution in [0.3, 0.4) is 0 Å². The monoisotopic (exact) mass is 359 g/mol. The van der Waals surface area contributed by atoms with E-state index in [-0.39, 0.29) is 24.9 Å². The van der Waals surface area contributed by atoms with Gasteiger partial charge in [0.05, 0.1) is 6.61 Å². The van der Waals surface area contributed by atoms with Crippen molar-refractivity contribution in [3.05, 3.63) is 35.6 Å². The number of likely N-dealkylation sites (tertiary alicyclic amines) is 1. The van der Waals surface area contributed by atoms with Gasteiger partial charge in [0.15, 0.2) is 6.61 Å². The standard InChI is InChI=1S/C20H25NO5/c1-13-8-14(2)10-21(9-13)18(22)12-25-20(23)19-16(11-24-3)15-6-4-5-7-17(15)26-19/h4-7,13-14H,8-12H2,1-3H3/t13-,14-/m0/s1. The van der Waals surface area contributed by atoms with Crippen molar-refractivity contribution in [2.75, 3.05) is 26.8 Å². The van der Waals surface area contributed by atoms with Crippen molar-refractivity contribution >= 4 is 22.8 Å². The van der Waals surface area contributed by atoms with Crippen molar-refractivity contribution in [1.29, 1.82) is 0 Å². The number of furan rings is 1. The Balaban J connectivity index is 1.69. The van der Waals surface area contributed by atoms with E-state index in [1.54, 1.807) is 18.1 Å². The van der Waals surface area contributed by atoms with Crippen LogP contribution in [0.4, 0.5) is 0 Å². The number of methoxy groups -OCH3 is 1. The topological polar surface area (TPSA) is 69.0 Å². The van der Waals surface area contributed by atoms with Crippen molar-refractivity contribution in [3.8, 4) is 0 Å². The molecule has 0 bridgehead atoms. The molecule has 140 valence electrons. The molecule has 0 N–H and O–H groups in total. The first-order valence-corrected chi connectivity index (χ1v) is 8.93. The number of carbonyl (C=O) groups is 2. The Morgan fingerprint density at radius 3 is 2.58 bits per heavy atom. The van der Waals surface area contributed by atoms with Crippen LogP contribution >= 0.6 is 0 Å². The molecular weight excluding hydrogens is 334 g/mol. The summed E-state index contributed by atoms with van der Waals surface area (Å²) in [4.78, 5) is 26.7. The Kier molecular flexibility index (Phi) is 5.61. The molecule has 0 saturated carbocycles. The molecule has 1 amide bonds. The van der Waals surface area contributed by atoms with E-state index >= 15 is 0 Å². The van der Waals surface area contributed by atoms with Crippen molar-refractivity contribution in [3.63, 3.8) is 0 Å². The van der Waals surface area contributed by atoms with Crippen LogP contribution in [-0.4, -0.2) is 43.6 Å². The Morgan fingerprint density at radius 2 is 1.88 bits per heavy atom. The van der Waals surface area contributed by atoms with E-state index in [1.807, 2.05) is 18.2 Å². The van der Waals surface area contributed by atoms with Gasteiger partial charge in [0.1, 0.15) is 5.58 Å². The third-order valence-electron chi connectivity index (χ3n) is 4.72. The van der Waals surface area contributed by atoms with E-state index in [4.69, 9.17) is 13.9 Å². The average molecular weight is 359 g/mol. The minimum absolute atomic E-state index is 0.0984. The Labute approximate surface area is 153 Å². The summed E-state index contributed by atoms with van der Waals surface area (Å²) in [5.74, 6) is 0.214. The highest BCUT2D eigenvalue weighted by atomic mass is 16.5. The number of benzene rings is 1. The number of rotatable bonds is 5. The molecular formula is C20H25NO5. The number of hydrogen-bond donors (Lipinski definition) is 0. The SMILES string of the molecule is COCc1c(C(=O)OCC(=O)N2C[C@@H](C)C[C@H](C)C2)oc2ccccc12. The van der Waals surface area contributed by atoms with Crippen LogP contribution in [0, 0.1) is 11.8 Å². The smallest absolute Gasteiger partial charge is 0.375 e. The molecule has 0 radical (unpaired) electrons. The quantitative estimate of drug-likeness (QED) is 0.767. The Bertz CT molecular complexity index is 787. The molecule has 2 atom stereocenters. The summed E-state index contributed by atoms with van der Waals surface area (Å²) in [7, 11) is 1.55. The van der Waals surface area contributed by atoms with Crippen molar-refractivity contribution in [2.24, 2.45) is 11.8 Å². The minimum atomic E-state index is -0.639. The maximum Gasteiger partial charge on any atom is 0.375 e. The summed E-state index contributed by atoms with van der Waals surface area (Å²) in [6, 6.07) is 7.35. The maximum atomic E-state index is 12.5. The highest BCUT2D eigenvalue weighted by molar-refractivity contribution is 5.96. The summed E-state index contributed by atoms with van der Waals surface area (Å²) < 4.78 is 16.1. The number of fused-ring (bicyclic) bond motifs is 1. The van der Waals surface area contributed by atoms with Crippen molar-refractivity contribution in [2.45, 2.75) is 26.9 Å². The lowest BCUT2D eigenvalue weighted by Gasteiger charge is -2.34. The lowest BCUT2D eigenvalue weighted by atomic mass is 9.92. The third kappa shape index (κ3) is 3.90. The second kappa shape index (κ2) is 7.91. The summed E-state index contributed by atoms with van der Waals surface area (Å²) in [6.45, 7) is 5.64. The zero-order valence-corrected chi connectivity index (χ0v) is 15.5. The van der Waals surface area contributed by atoms with Gasteiger partial charge in [-0.25, -0.2) is 4.79 Å². The van der Waals surface area contributed by atoms with E-state index < -0.39 is 5.97 Å². The fourth-order valence-electron chi connectivity index (χ4n) is 3.70. The van der Waals surface area contributed by atoms with Crippen LogP contribution in [0.2, 0.25) is 0 Å². The van der Waals surface area contributed by atoms with E-state index in [1.165, 1.54) is 0 Å². The first-order valence-electron chi connectivity index (χ1n) is 8.93. The molecule has 0 spiro atoms. The van der Waals surface area contributed by atoms with E-state index in [2.05, 4.69) is 13.8 Å². The molecule has 2 heterocycles. The predicted octanol–water partition coefficient (Wildman–Crippen LogP) is 3.24. The van der Waals surface area contributed by atoms with Crippen LogP contribution in [0.25, 0.3) is 11.0 Å². The molecule has 1 aromatic heterocycles. The van der Waals surface area contributed by atoms with Crippen LogP contribution in [0.1, 0.15) is 36.4 Å². The molecule has 26 heavy (non-hydrogen) atoms. The zero-order chi connectivity index (χ0) is 18.7. The van der Waals surface area contributed by atoms with Crippen LogP contribution in [-0.2, 0) is 20.9 Å². The lowest BCUT2D eigenvalue weighted by Crippen LogP contribution is -2.44. The summed E-state index contributed by atoms with van der Waals surface area (Å²) in [5, 5.41) is 0.811. The second-order valence-electron chi connectivity index (χ2n) is 7.16. The van der Waals surface area contributed by atoms with Gasteiger partial charge in [-0.3, -0.25) is 4.79 Å². The second-order valence-corrected chi connectivity index (χ2v) is 7.16. The van der Waals surface area contributed by atoms with Gasteiger partial charge in [0.2, 0.25) is 5.76 Å². The van der Waals surface area contributed by atoms with Gasteiger partial charge in [-0.2, -0.15) is 0 Å². The van der Waals surface area contributed by atoms with Crippen molar-refractivity contribution < 1.29 is 23.5 Å². The lowest BCUT2D eigenvalue weighted by molar-refractivity contribution is -0.137. The first kappa shape index (κ1) is 18.5. The number of esters is 1. The number of carbonyl (C=O) groups excluding carboxylic acids is 2. The third-order valence-corrected chi connectivity index (χ3v) is 4.72. The van der Waals surface area contributed by atoms with Crippen LogP contribution in [0.15, 0.2) is 28.7 Å². The normalized spacial score (nSPS) is 20.3. The van der Waals surface area contributed by atoms with Crippen molar-refractivity contribution in [1.82, 2.24) is 4.90 Å². The largest absolute Gasteiger partial charge is 0.450 e. The van der Waals surface area contributed by atoms with E-state index in [9.17, 15) is 9.59 Å². The Morgan fingerprint density at radius 1 is 1.19 bits per heavy atom. The molecule has 1 aliphatic rings. The molecule has 1 saturated heterocycles. The number of piperidine rings is 1. The molecule has 3 rings (SSSR count). The summed E-state index contributed by atoms with van der Waals surface area (Å²) in [6.07, 6.45) is 1.11. The number of nitrogens with zero attached hydrogens (tertiary/aromatic N) is 1. The van der Waals surface area contributed by atoms with Crippen LogP contribution < -0.4 is 0 Å². The number of ether oxygens (including phenoxy) is 2. The highest BCUT2D eigenvalue weighted by Gasteiger charge is 2.27. The predicted molar refractivity (Wildman–Crippen MR) is 96.7 cm³/mol. The minimum Gasteiger partial charge on any atom is -0.450 e. The van der Waals surface area contributed by atoms with Gasteiger partial charge in [-0.05, 0) is 24.3 Å². The van der Waals surface area contributed by atoms with E-state index in [0.717, 1.165) is 11.8 Å². The number of para-hydroxylation sites is 1. The molecule has 2 aromatic rings. The zero-order valence-electron chi connectivity index (χ0n) is 15.5. The molecule has 0 unspecified atom stereocenters. The molecule has 1 aliphatic heterocycles. The Hall–Kier alpha value is -2.34. The fourth-order valence-corrected chi connectivity index (χ4v) is 3.70. The fraction of sp³-hybridized carbons (Fsp3) is 0.500. The summed E-state index contributed by atoms with van der Waals surface area (Å²) in [5.41, 5.74) is 1.23. The van der Waals surface area contributed by atoms with Gasteiger partial charge in [0, 0.05) is 31.1 Å². The molecule has 6 heteroatoms. The highest BCUT2D eigenvalue weighted by Crippen LogP contribution is 2.27. The van der Waals surface area contributed by atoms with Gasteiger partial charge in [-0.1, -0.05) is 32.0 Å². The van der Waals surface area contributed by atoms with Gasteiger partial charge in [-0.15, -0.1) is 0 Å². The first-order chi connectivity index (χ1) is 12.5. The summed E-state index contributed by atoms with van der Waals surface area (Å²) >= 11 is 0. The maximum absolute atomic E-state index is 12.5. The van der Waals surface area contributed by atoms with Crippen LogP contribution in [0.5, 0.6) is 0 Å². The molecule has 1 fully saturated rings. The molecule has 1 aromatic carbocycles. The average Bonchev–Trinajstić information content (AvgIpc) is 2.98. The number of amides is 1. The molecule has 6 nitrogen and oxygen atoms in total. The molecule has 0 aliphatic carbocycles. The number of hydrogen-bond acceptors (Lipinski definition) is 5.